The van der Waals surface area contributed by atoms with Crippen LogP contribution in [0.3, 0.4) is 0 Å². The maximum atomic E-state index is 12.7. The molecule has 1 aromatic heterocycles. The number of aromatic nitrogens is 2. The van der Waals surface area contributed by atoms with E-state index in [1.807, 2.05) is 36.4 Å². The number of nitriles is 1. The van der Waals surface area contributed by atoms with Crippen LogP contribution in [0.2, 0.25) is 0 Å². The Labute approximate surface area is 175 Å². The van der Waals surface area contributed by atoms with Gasteiger partial charge in [0.2, 0.25) is 0 Å². The summed E-state index contributed by atoms with van der Waals surface area (Å²) in [7, 11) is 0. The Morgan fingerprint density at radius 3 is 2.60 bits per heavy atom. The second kappa shape index (κ2) is 8.97. The molecular weight excluding hydrogens is 378 g/mol. The normalized spacial score (nSPS) is 19.7. The van der Waals surface area contributed by atoms with E-state index in [4.69, 9.17) is 5.26 Å². The average Bonchev–Trinajstić information content (AvgIpc) is 3.20. The van der Waals surface area contributed by atoms with Gasteiger partial charge in [0.25, 0.3) is 0 Å². The van der Waals surface area contributed by atoms with Gasteiger partial charge in [-0.25, -0.2) is 9.78 Å². The molecule has 1 atom stereocenters. The molecule has 1 fully saturated rings. The van der Waals surface area contributed by atoms with Crippen molar-refractivity contribution < 1.29 is 9.90 Å². The number of urea groups is 1. The number of aliphatic hydroxyl groups is 1. The lowest BCUT2D eigenvalue weighted by atomic mass is 9.93. The maximum absolute atomic E-state index is 12.7. The van der Waals surface area contributed by atoms with Crippen molar-refractivity contribution in [3.05, 3.63) is 65.5 Å². The van der Waals surface area contributed by atoms with Gasteiger partial charge in [-0.05, 0) is 61.9 Å². The van der Waals surface area contributed by atoms with E-state index in [9.17, 15) is 9.90 Å². The molecule has 4 rings (SSSR count). The van der Waals surface area contributed by atoms with Gasteiger partial charge in [0.05, 0.1) is 34.8 Å². The van der Waals surface area contributed by atoms with Crippen LogP contribution in [0.15, 0.2) is 48.5 Å². The van der Waals surface area contributed by atoms with Crippen molar-refractivity contribution in [1.82, 2.24) is 20.6 Å². The monoisotopic (exact) mass is 403 g/mol. The molecular formula is C23H25N5O2. The number of carbonyl (C=O) groups is 1. The third kappa shape index (κ3) is 4.78. The molecule has 2 aromatic carbocycles. The predicted octanol–water partition coefficient (Wildman–Crippen LogP) is 3.32. The summed E-state index contributed by atoms with van der Waals surface area (Å²) in [6, 6.07) is 16.7. The van der Waals surface area contributed by atoms with Gasteiger partial charge in [0.1, 0.15) is 5.82 Å². The zero-order chi connectivity index (χ0) is 20.9. The Hall–Kier alpha value is -3.37. The average molecular weight is 403 g/mol. The number of rotatable bonds is 5. The minimum atomic E-state index is -0.348. The van der Waals surface area contributed by atoms with Gasteiger partial charge in [0.15, 0.2) is 0 Å². The lowest BCUT2D eigenvalue weighted by Gasteiger charge is -2.27. The first-order chi connectivity index (χ1) is 14.6. The van der Waals surface area contributed by atoms with Crippen molar-refractivity contribution >= 4 is 17.1 Å². The van der Waals surface area contributed by atoms with E-state index in [2.05, 4.69) is 26.7 Å². The molecule has 1 saturated carbocycles. The van der Waals surface area contributed by atoms with Gasteiger partial charge >= 0.3 is 6.03 Å². The van der Waals surface area contributed by atoms with Crippen molar-refractivity contribution in [3.63, 3.8) is 0 Å². The Kier molecular flexibility index (Phi) is 5.96. The molecule has 0 saturated heterocycles. The van der Waals surface area contributed by atoms with E-state index in [0.717, 1.165) is 29.4 Å². The molecule has 1 aliphatic rings. The number of nitrogens with one attached hydrogen (secondary N) is 3. The van der Waals surface area contributed by atoms with E-state index >= 15 is 0 Å². The van der Waals surface area contributed by atoms with Crippen LogP contribution in [0.5, 0.6) is 0 Å². The van der Waals surface area contributed by atoms with Crippen LogP contribution >= 0.6 is 0 Å². The van der Waals surface area contributed by atoms with Gasteiger partial charge < -0.3 is 20.7 Å². The number of aliphatic hydroxyl groups excluding tert-OH is 1. The van der Waals surface area contributed by atoms with E-state index in [1.165, 1.54) is 0 Å². The van der Waals surface area contributed by atoms with Gasteiger partial charge in [-0.2, -0.15) is 5.26 Å². The quantitative estimate of drug-likeness (QED) is 0.523. The fraction of sp³-hybridized carbons (Fsp3) is 0.348. The first-order valence-corrected chi connectivity index (χ1v) is 10.3. The number of hydrogen-bond donors (Lipinski definition) is 4. The first kappa shape index (κ1) is 19.9. The highest BCUT2D eigenvalue weighted by Gasteiger charge is 2.23. The third-order valence-corrected chi connectivity index (χ3v) is 5.60. The number of H-pyrrole nitrogens is 1. The Balaban J connectivity index is 1.51. The summed E-state index contributed by atoms with van der Waals surface area (Å²) in [4.78, 5) is 20.7. The minimum absolute atomic E-state index is 0.0691. The molecule has 30 heavy (non-hydrogen) atoms. The molecule has 0 aliphatic heterocycles. The van der Waals surface area contributed by atoms with Crippen LogP contribution in [0, 0.1) is 11.3 Å². The second-order valence-electron chi connectivity index (χ2n) is 7.83. The van der Waals surface area contributed by atoms with Crippen LogP contribution < -0.4 is 10.6 Å². The van der Waals surface area contributed by atoms with Gasteiger partial charge in [0, 0.05) is 6.04 Å². The summed E-state index contributed by atoms with van der Waals surface area (Å²) in [5, 5.41) is 24.8. The summed E-state index contributed by atoms with van der Waals surface area (Å²) in [5.74, 6) is 0.690. The summed E-state index contributed by atoms with van der Waals surface area (Å²) in [6.45, 7) is 0. The SMILES string of the molecule is N#Cc1ccc(CC(NC(=O)NC2CCC(O)CC2)c2nc3ccccc3[nH]2)cc1. The van der Waals surface area contributed by atoms with Crippen LogP contribution in [0.1, 0.15) is 48.7 Å². The van der Waals surface area contributed by atoms with E-state index in [0.29, 0.717) is 30.7 Å². The smallest absolute Gasteiger partial charge is 0.315 e. The number of hydrogen-bond acceptors (Lipinski definition) is 4. The lowest BCUT2D eigenvalue weighted by Crippen LogP contribution is -2.45. The van der Waals surface area contributed by atoms with Crippen molar-refractivity contribution in [2.75, 3.05) is 0 Å². The minimum Gasteiger partial charge on any atom is -0.393 e. The molecule has 154 valence electrons. The molecule has 0 bridgehead atoms. The van der Waals surface area contributed by atoms with Gasteiger partial charge in [-0.3, -0.25) is 0 Å². The molecule has 7 heteroatoms. The predicted molar refractivity (Wildman–Crippen MR) is 114 cm³/mol. The summed E-state index contributed by atoms with van der Waals surface area (Å²) in [6.07, 6.45) is 3.26. The summed E-state index contributed by atoms with van der Waals surface area (Å²) >= 11 is 0. The fourth-order valence-corrected chi connectivity index (χ4v) is 3.91. The molecule has 1 unspecified atom stereocenters. The fourth-order valence-electron chi connectivity index (χ4n) is 3.91. The first-order valence-electron chi connectivity index (χ1n) is 10.3. The number of amides is 2. The maximum Gasteiger partial charge on any atom is 0.315 e. The van der Waals surface area contributed by atoms with Crippen LogP contribution in [0.25, 0.3) is 11.0 Å². The van der Waals surface area contributed by atoms with Crippen LogP contribution in [0.4, 0.5) is 4.79 Å². The molecule has 2 amide bonds. The van der Waals surface area contributed by atoms with Crippen LogP contribution in [-0.2, 0) is 6.42 Å². The van der Waals surface area contributed by atoms with Crippen molar-refractivity contribution in [2.24, 2.45) is 0 Å². The molecule has 0 spiro atoms. The Morgan fingerprint density at radius 2 is 1.90 bits per heavy atom. The largest absolute Gasteiger partial charge is 0.393 e. The molecule has 4 N–H and O–H groups in total. The molecule has 3 aromatic rings. The summed E-state index contributed by atoms with van der Waals surface area (Å²) in [5.41, 5.74) is 3.37. The zero-order valence-electron chi connectivity index (χ0n) is 16.6. The van der Waals surface area contributed by atoms with Gasteiger partial charge in [-0.1, -0.05) is 24.3 Å². The van der Waals surface area contributed by atoms with Crippen molar-refractivity contribution in [3.8, 4) is 6.07 Å². The number of benzene rings is 2. The topological polar surface area (TPSA) is 114 Å². The molecule has 1 heterocycles. The highest BCUT2D eigenvalue weighted by atomic mass is 16.3. The third-order valence-electron chi connectivity index (χ3n) is 5.60. The van der Waals surface area contributed by atoms with Crippen molar-refractivity contribution in [2.45, 2.75) is 50.3 Å². The van der Waals surface area contributed by atoms with E-state index < -0.39 is 0 Å². The van der Waals surface area contributed by atoms with E-state index in [1.54, 1.807) is 12.1 Å². The highest BCUT2D eigenvalue weighted by Crippen LogP contribution is 2.21. The Morgan fingerprint density at radius 1 is 1.17 bits per heavy atom. The number of aromatic amines is 1. The molecule has 0 radical (unpaired) electrons. The highest BCUT2D eigenvalue weighted by molar-refractivity contribution is 5.76. The van der Waals surface area contributed by atoms with Crippen LogP contribution in [-0.4, -0.2) is 33.3 Å². The molecule has 7 nitrogen and oxygen atoms in total. The number of nitrogens with zero attached hydrogens (tertiary/aromatic N) is 2. The second-order valence-corrected chi connectivity index (χ2v) is 7.83. The number of fused-ring (bicyclic) bond motifs is 1. The number of carbonyl (C=O) groups excluding carboxylic acids is 1. The lowest BCUT2D eigenvalue weighted by molar-refractivity contribution is 0.117. The standard InChI is InChI=1S/C23H25N5O2/c24-14-16-7-5-15(6-8-16)13-21(22-26-19-3-1-2-4-20(19)27-22)28-23(30)25-17-9-11-18(29)12-10-17/h1-8,17-18,21,29H,9-13H2,(H,26,27)(H2,25,28,30). The number of para-hydroxylation sites is 2. The number of imidazole rings is 1. The van der Waals surface area contributed by atoms with E-state index in [-0.39, 0.29) is 24.2 Å². The zero-order valence-corrected chi connectivity index (χ0v) is 16.6. The molecule has 1 aliphatic carbocycles. The van der Waals surface area contributed by atoms with Crippen molar-refractivity contribution in [1.29, 1.82) is 5.26 Å². The Bertz CT molecular complexity index is 1010. The van der Waals surface area contributed by atoms with Gasteiger partial charge in [-0.15, -0.1) is 0 Å². The summed E-state index contributed by atoms with van der Waals surface area (Å²) < 4.78 is 0.